The van der Waals surface area contributed by atoms with Crippen LogP contribution in [0.4, 0.5) is 0 Å². The number of allylic oxidation sites excluding steroid dienone is 2. The summed E-state index contributed by atoms with van der Waals surface area (Å²) in [7, 11) is 0. The van der Waals surface area contributed by atoms with Crippen LogP contribution in [-0.4, -0.2) is 12.1 Å². The normalized spacial score (nSPS) is 24.2. The first-order valence-corrected chi connectivity index (χ1v) is 5.28. The Morgan fingerprint density at radius 3 is 2.64 bits per heavy atom. The minimum Gasteiger partial charge on any atom is -0.463 e. The molecular formula is C12H20O2. The molecule has 0 amide bonds. The van der Waals surface area contributed by atoms with Crippen molar-refractivity contribution >= 4 is 5.97 Å². The molecule has 0 aromatic rings. The van der Waals surface area contributed by atoms with Gasteiger partial charge >= 0.3 is 5.97 Å². The third kappa shape index (κ3) is 3.52. The van der Waals surface area contributed by atoms with Crippen molar-refractivity contribution < 1.29 is 9.53 Å². The lowest BCUT2D eigenvalue weighted by Crippen LogP contribution is -2.15. The van der Waals surface area contributed by atoms with E-state index in [1.165, 1.54) is 0 Å². The van der Waals surface area contributed by atoms with Gasteiger partial charge in [0, 0.05) is 0 Å². The van der Waals surface area contributed by atoms with Gasteiger partial charge in [0.25, 0.3) is 0 Å². The van der Waals surface area contributed by atoms with E-state index >= 15 is 0 Å². The molecule has 0 N–H and O–H groups in total. The van der Waals surface area contributed by atoms with Gasteiger partial charge in [0.1, 0.15) is 0 Å². The van der Waals surface area contributed by atoms with Gasteiger partial charge in [-0.15, -0.1) is 0 Å². The zero-order valence-electron chi connectivity index (χ0n) is 9.54. The number of hydrogen-bond donors (Lipinski definition) is 0. The summed E-state index contributed by atoms with van der Waals surface area (Å²) in [6.07, 6.45) is 5.92. The summed E-state index contributed by atoms with van der Waals surface area (Å²) in [4.78, 5) is 11.4. The molecule has 2 nitrogen and oxygen atoms in total. The molecule has 80 valence electrons. The first-order valence-electron chi connectivity index (χ1n) is 5.28. The maximum absolute atomic E-state index is 11.4. The van der Waals surface area contributed by atoms with Gasteiger partial charge in [-0.1, -0.05) is 26.0 Å². The minimum absolute atomic E-state index is 0.000827. The second-order valence-electron chi connectivity index (χ2n) is 5.05. The van der Waals surface area contributed by atoms with Crippen LogP contribution in [0.25, 0.3) is 0 Å². The average molecular weight is 196 g/mol. The van der Waals surface area contributed by atoms with Crippen LogP contribution in [0.5, 0.6) is 0 Å². The standard InChI is InChI=1S/C12H20O2/c1-9(2)14-11(13)7-10-5-6-12(3,4)8-10/h5-6,9-10H,7-8H2,1-4H3. The van der Waals surface area contributed by atoms with Crippen LogP contribution < -0.4 is 0 Å². The molecular weight excluding hydrogens is 176 g/mol. The summed E-state index contributed by atoms with van der Waals surface area (Å²) in [6.45, 7) is 8.15. The second-order valence-corrected chi connectivity index (χ2v) is 5.05. The number of esters is 1. The lowest BCUT2D eigenvalue weighted by atomic mass is 9.89. The van der Waals surface area contributed by atoms with E-state index in [4.69, 9.17) is 4.74 Å². The van der Waals surface area contributed by atoms with E-state index in [9.17, 15) is 4.79 Å². The first-order chi connectivity index (χ1) is 6.39. The Morgan fingerprint density at radius 2 is 2.21 bits per heavy atom. The molecule has 1 unspecified atom stereocenters. The fourth-order valence-corrected chi connectivity index (χ4v) is 1.87. The molecule has 0 bridgehead atoms. The van der Waals surface area contributed by atoms with Crippen molar-refractivity contribution in [2.75, 3.05) is 0 Å². The lowest BCUT2D eigenvalue weighted by Gasteiger charge is -2.17. The monoisotopic (exact) mass is 196 g/mol. The van der Waals surface area contributed by atoms with Crippen molar-refractivity contribution in [1.29, 1.82) is 0 Å². The van der Waals surface area contributed by atoms with Crippen molar-refractivity contribution in [3.8, 4) is 0 Å². The van der Waals surface area contributed by atoms with Gasteiger partial charge in [0.15, 0.2) is 0 Å². The molecule has 0 aromatic carbocycles. The zero-order chi connectivity index (χ0) is 10.8. The van der Waals surface area contributed by atoms with Crippen LogP contribution in [-0.2, 0) is 9.53 Å². The van der Waals surface area contributed by atoms with Crippen molar-refractivity contribution in [3.63, 3.8) is 0 Å². The number of carbonyl (C=O) groups excluding carboxylic acids is 1. The maximum atomic E-state index is 11.4. The van der Waals surface area contributed by atoms with Crippen LogP contribution in [0.2, 0.25) is 0 Å². The highest BCUT2D eigenvalue weighted by Gasteiger charge is 2.27. The lowest BCUT2D eigenvalue weighted by molar-refractivity contribution is -0.148. The van der Waals surface area contributed by atoms with Gasteiger partial charge in [-0.25, -0.2) is 0 Å². The smallest absolute Gasteiger partial charge is 0.306 e. The number of carbonyl (C=O) groups is 1. The number of hydrogen-bond acceptors (Lipinski definition) is 2. The largest absolute Gasteiger partial charge is 0.463 e. The topological polar surface area (TPSA) is 26.3 Å². The SMILES string of the molecule is CC(C)OC(=O)CC1C=CC(C)(C)C1. The van der Waals surface area contributed by atoms with Crippen LogP contribution in [0.3, 0.4) is 0 Å². The number of ether oxygens (including phenoxy) is 1. The van der Waals surface area contributed by atoms with Gasteiger partial charge in [-0.3, -0.25) is 4.79 Å². The predicted molar refractivity (Wildman–Crippen MR) is 56.9 cm³/mol. The van der Waals surface area contributed by atoms with E-state index in [1.807, 2.05) is 13.8 Å². The van der Waals surface area contributed by atoms with Crippen LogP contribution in [0.15, 0.2) is 12.2 Å². The summed E-state index contributed by atoms with van der Waals surface area (Å²) in [5.74, 6) is 0.295. The minimum atomic E-state index is -0.0765. The highest BCUT2D eigenvalue weighted by molar-refractivity contribution is 5.70. The summed E-state index contributed by atoms with van der Waals surface area (Å²) in [5.41, 5.74) is 0.253. The molecule has 0 saturated heterocycles. The molecule has 1 aliphatic carbocycles. The third-order valence-corrected chi connectivity index (χ3v) is 2.40. The maximum Gasteiger partial charge on any atom is 0.306 e. The summed E-state index contributed by atoms with van der Waals surface area (Å²) >= 11 is 0. The molecule has 14 heavy (non-hydrogen) atoms. The van der Waals surface area contributed by atoms with Gasteiger partial charge in [0.05, 0.1) is 12.5 Å². The van der Waals surface area contributed by atoms with Crippen LogP contribution >= 0.6 is 0 Å². The summed E-state index contributed by atoms with van der Waals surface area (Å²) in [5, 5.41) is 0. The molecule has 1 atom stereocenters. The van der Waals surface area contributed by atoms with Crippen molar-refractivity contribution in [2.45, 2.75) is 46.6 Å². The molecule has 0 aromatic heterocycles. The zero-order valence-corrected chi connectivity index (χ0v) is 9.54. The van der Waals surface area contributed by atoms with Gasteiger partial charge in [-0.05, 0) is 31.6 Å². The van der Waals surface area contributed by atoms with E-state index in [0.717, 1.165) is 6.42 Å². The fourth-order valence-electron chi connectivity index (χ4n) is 1.87. The molecule has 1 rings (SSSR count). The Bertz CT molecular complexity index is 239. The Morgan fingerprint density at radius 1 is 1.57 bits per heavy atom. The highest BCUT2D eigenvalue weighted by atomic mass is 16.5. The molecule has 0 radical (unpaired) electrons. The molecule has 2 heteroatoms. The Labute approximate surface area is 86.3 Å². The van der Waals surface area contributed by atoms with Crippen molar-refractivity contribution in [2.24, 2.45) is 11.3 Å². The van der Waals surface area contributed by atoms with Crippen molar-refractivity contribution in [1.82, 2.24) is 0 Å². The van der Waals surface area contributed by atoms with Gasteiger partial charge < -0.3 is 4.74 Å². The van der Waals surface area contributed by atoms with E-state index in [2.05, 4.69) is 26.0 Å². The predicted octanol–water partition coefficient (Wildman–Crippen LogP) is 2.93. The first kappa shape index (κ1) is 11.3. The highest BCUT2D eigenvalue weighted by Crippen LogP contribution is 2.36. The summed E-state index contributed by atoms with van der Waals surface area (Å²) in [6, 6.07) is 0. The van der Waals surface area contributed by atoms with E-state index in [0.29, 0.717) is 12.3 Å². The van der Waals surface area contributed by atoms with E-state index in [-0.39, 0.29) is 17.5 Å². The van der Waals surface area contributed by atoms with E-state index < -0.39 is 0 Å². The molecule has 0 heterocycles. The Kier molecular flexibility index (Phi) is 3.35. The third-order valence-electron chi connectivity index (χ3n) is 2.40. The van der Waals surface area contributed by atoms with Crippen molar-refractivity contribution in [3.05, 3.63) is 12.2 Å². The average Bonchev–Trinajstić information content (AvgIpc) is 2.27. The molecule has 0 saturated carbocycles. The second kappa shape index (κ2) is 4.16. The molecule has 1 aliphatic rings. The van der Waals surface area contributed by atoms with E-state index in [1.54, 1.807) is 0 Å². The van der Waals surface area contributed by atoms with Gasteiger partial charge in [-0.2, -0.15) is 0 Å². The van der Waals surface area contributed by atoms with Gasteiger partial charge in [0.2, 0.25) is 0 Å². The molecule has 0 aliphatic heterocycles. The number of rotatable bonds is 3. The summed E-state index contributed by atoms with van der Waals surface area (Å²) < 4.78 is 5.11. The quantitative estimate of drug-likeness (QED) is 0.512. The van der Waals surface area contributed by atoms with Crippen LogP contribution in [0.1, 0.15) is 40.5 Å². The molecule has 0 fully saturated rings. The Hall–Kier alpha value is -0.790. The Balaban J connectivity index is 2.34. The fraction of sp³-hybridized carbons (Fsp3) is 0.750. The van der Waals surface area contributed by atoms with Crippen LogP contribution in [0, 0.1) is 11.3 Å². The molecule has 0 spiro atoms.